The van der Waals surface area contributed by atoms with Crippen LogP contribution in [-0.2, 0) is 0 Å². The molecular weight excluding hydrogens is 158 g/mol. The minimum absolute atomic E-state index is 0.429. The Morgan fingerprint density at radius 1 is 1.00 bits per heavy atom. The zero-order valence-electron chi connectivity index (χ0n) is 10.4. The second kappa shape index (κ2) is 4.99. The molecular formula is C12H27N. The van der Waals surface area contributed by atoms with Gasteiger partial charge in [-0.25, -0.2) is 0 Å². The molecule has 0 aromatic carbocycles. The van der Waals surface area contributed by atoms with E-state index in [9.17, 15) is 0 Å². The summed E-state index contributed by atoms with van der Waals surface area (Å²) in [6, 6.07) is 0.606. The molecule has 0 amide bonds. The van der Waals surface area contributed by atoms with Crippen molar-refractivity contribution in [3.63, 3.8) is 0 Å². The van der Waals surface area contributed by atoms with Crippen molar-refractivity contribution < 1.29 is 0 Å². The van der Waals surface area contributed by atoms with Crippen molar-refractivity contribution in [2.24, 2.45) is 17.3 Å². The van der Waals surface area contributed by atoms with Crippen molar-refractivity contribution in [1.82, 2.24) is 5.32 Å². The Morgan fingerprint density at radius 3 is 1.77 bits per heavy atom. The topological polar surface area (TPSA) is 12.0 Å². The van der Waals surface area contributed by atoms with E-state index in [1.165, 1.54) is 0 Å². The van der Waals surface area contributed by atoms with Crippen LogP contribution >= 0.6 is 0 Å². The highest BCUT2D eigenvalue weighted by Crippen LogP contribution is 2.31. The molecule has 2 atom stereocenters. The van der Waals surface area contributed by atoms with Crippen LogP contribution < -0.4 is 5.32 Å². The van der Waals surface area contributed by atoms with Crippen LogP contribution in [0, 0.1) is 17.3 Å². The van der Waals surface area contributed by atoms with Gasteiger partial charge in [-0.15, -0.1) is 0 Å². The molecule has 0 bridgehead atoms. The Balaban J connectivity index is 3.90. The summed E-state index contributed by atoms with van der Waals surface area (Å²) < 4.78 is 0. The molecule has 0 aromatic heterocycles. The molecule has 0 spiro atoms. The van der Waals surface area contributed by atoms with Crippen LogP contribution in [0.3, 0.4) is 0 Å². The van der Waals surface area contributed by atoms with E-state index in [1.807, 2.05) is 0 Å². The van der Waals surface area contributed by atoms with Gasteiger partial charge in [0.1, 0.15) is 0 Å². The molecule has 1 heteroatoms. The summed E-state index contributed by atoms with van der Waals surface area (Å²) in [6.45, 7) is 17.2. The Kier molecular flexibility index (Phi) is 4.98. The lowest BCUT2D eigenvalue weighted by Crippen LogP contribution is -2.34. The van der Waals surface area contributed by atoms with Crippen molar-refractivity contribution in [2.45, 2.75) is 54.5 Å². The van der Waals surface area contributed by atoms with Gasteiger partial charge in [-0.1, -0.05) is 48.5 Å². The summed E-state index contributed by atoms with van der Waals surface area (Å²) in [4.78, 5) is 0. The minimum Gasteiger partial charge on any atom is -0.314 e. The summed E-state index contributed by atoms with van der Waals surface area (Å²) in [6.07, 6.45) is 0. The lowest BCUT2D eigenvalue weighted by molar-refractivity contribution is 0.182. The first-order valence-corrected chi connectivity index (χ1v) is 5.48. The summed E-state index contributed by atoms with van der Waals surface area (Å²) in [7, 11) is 0. The van der Waals surface area contributed by atoms with Crippen LogP contribution in [0.2, 0.25) is 0 Å². The first-order valence-electron chi connectivity index (χ1n) is 5.48. The second-order valence-corrected chi connectivity index (χ2v) is 5.69. The molecule has 0 aromatic rings. The molecule has 0 aliphatic carbocycles. The Morgan fingerprint density at radius 2 is 1.46 bits per heavy atom. The van der Waals surface area contributed by atoms with Crippen LogP contribution in [0.1, 0.15) is 48.5 Å². The zero-order valence-corrected chi connectivity index (χ0v) is 10.4. The number of hydrogen-bond donors (Lipinski definition) is 1. The van der Waals surface area contributed by atoms with E-state index in [2.05, 4.69) is 53.8 Å². The molecule has 0 aliphatic heterocycles. The fourth-order valence-corrected chi connectivity index (χ4v) is 1.45. The first kappa shape index (κ1) is 13.0. The van der Waals surface area contributed by atoms with Gasteiger partial charge in [-0.2, -0.15) is 0 Å². The highest BCUT2D eigenvalue weighted by Gasteiger charge is 2.24. The maximum absolute atomic E-state index is 3.50. The standard InChI is InChI=1S/C12H27N/c1-9(2)13-8-10(3)11(4)12(5,6)7/h9-11,13H,8H2,1-7H3. The van der Waals surface area contributed by atoms with E-state index >= 15 is 0 Å². The third-order valence-electron chi connectivity index (χ3n) is 3.07. The summed E-state index contributed by atoms with van der Waals surface area (Å²) in [5.74, 6) is 1.51. The van der Waals surface area contributed by atoms with Gasteiger partial charge in [-0.05, 0) is 23.8 Å². The molecule has 2 unspecified atom stereocenters. The smallest absolute Gasteiger partial charge is 0.00104 e. The Labute approximate surface area is 84.3 Å². The summed E-state index contributed by atoms with van der Waals surface area (Å²) in [5.41, 5.74) is 0.429. The lowest BCUT2D eigenvalue weighted by atomic mass is 9.75. The van der Waals surface area contributed by atoms with E-state index in [0.29, 0.717) is 11.5 Å². The van der Waals surface area contributed by atoms with E-state index in [1.54, 1.807) is 0 Å². The molecule has 0 rings (SSSR count). The molecule has 1 N–H and O–H groups in total. The number of hydrogen-bond acceptors (Lipinski definition) is 1. The quantitative estimate of drug-likeness (QED) is 0.708. The second-order valence-electron chi connectivity index (χ2n) is 5.69. The molecule has 0 aliphatic rings. The molecule has 0 radical (unpaired) electrons. The highest BCUT2D eigenvalue weighted by molar-refractivity contribution is 4.76. The lowest BCUT2D eigenvalue weighted by Gasteiger charge is -2.33. The summed E-state index contributed by atoms with van der Waals surface area (Å²) >= 11 is 0. The van der Waals surface area contributed by atoms with Gasteiger partial charge in [0.15, 0.2) is 0 Å². The molecule has 0 fully saturated rings. The molecule has 0 saturated heterocycles. The summed E-state index contributed by atoms with van der Waals surface area (Å²) in [5, 5.41) is 3.50. The average Bonchev–Trinajstić information content (AvgIpc) is 1.96. The molecule has 1 nitrogen and oxygen atoms in total. The maximum atomic E-state index is 3.50. The van der Waals surface area contributed by atoms with Crippen molar-refractivity contribution in [3.8, 4) is 0 Å². The SMILES string of the molecule is CC(C)NCC(C)C(C)C(C)(C)C. The Bertz CT molecular complexity index is 133. The highest BCUT2D eigenvalue weighted by atomic mass is 14.9. The van der Waals surface area contributed by atoms with E-state index in [-0.39, 0.29) is 0 Å². The normalized spacial score (nSPS) is 17.5. The monoisotopic (exact) mass is 185 g/mol. The average molecular weight is 185 g/mol. The van der Waals surface area contributed by atoms with Gasteiger partial charge in [0.2, 0.25) is 0 Å². The van der Waals surface area contributed by atoms with Crippen molar-refractivity contribution in [1.29, 1.82) is 0 Å². The van der Waals surface area contributed by atoms with E-state index in [0.717, 1.165) is 18.4 Å². The fourth-order valence-electron chi connectivity index (χ4n) is 1.45. The van der Waals surface area contributed by atoms with Crippen molar-refractivity contribution in [2.75, 3.05) is 6.54 Å². The van der Waals surface area contributed by atoms with Gasteiger partial charge < -0.3 is 5.32 Å². The van der Waals surface area contributed by atoms with Gasteiger partial charge >= 0.3 is 0 Å². The molecule has 0 saturated carbocycles. The van der Waals surface area contributed by atoms with Crippen LogP contribution in [0.25, 0.3) is 0 Å². The van der Waals surface area contributed by atoms with Crippen molar-refractivity contribution >= 4 is 0 Å². The predicted octanol–water partition coefficient (Wildman–Crippen LogP) is 3.30. The Hall–Kier alpha value is -0.0400. The number of rotatable bonds is 4. The third kappa shape index (κ3) is 5.30. The van der Waals surface area contributed by atoms with Gasteiger partial charge in [0, 0.05) is 6.04 Å². The number of nitrogens with one attached hydrogen (secondary N) is 1. The van der Waals surface area contributed by atoms with Crippen molar-refractivity contribution in [3.05, 3.63) is 0 Å². The maximum Gasteiger partial charge on any atom is 0.00104 e. The van der Waals surface area contributed by atoms with Crippen LogP contribution in [0.4, 0.5) is 0 Å². The van der Waals surface area contributed by atoms with Gasteiger partial charge in [0.05, 0.1) is 0 Å². The third-order valence-corrected chi connectivity index (χ3v) is 3.07. The van der Waals surface area contributed by atoms with Gasteiger partial charge in [-0.3, -0.25) is 0 Å². The molecule has 80 valence electrons. The minimum atomic E-state index is 0.429. The predicted molar refractivity (Wildman–Crippen MR) is 60.9 cm³/mol. The van der Waals surface area contributed by atoms with Crippen LogP contribution in [0.5, 0.6) is 0 Å². The van der Waals surface area contributed by atoms with Crippen LogP contribution in [0.15, 0.2) is 0 Å². The van der Waals surface area contributed by atoms with E-state index in [4.69, 9.17) is 0 Å². The zero-order chi connectivity index (χ0) is 10.6. The molecule has 13 heavy (non-hydrogen) atoms. The largest absolute Gasteiger partial charge is 0.314 e. The van der Waals surface area contributed by atoms with E-state index < -0.39 is 0 Å². The van der Waals surface area contributed by atoms with Gasteiger partial charge in [0.25, 0.3) is 0 Å². The fraction of sp³-hybridized carbons (Fsp3) is 1.00. The van der Waals surface area contributed by atoms with Crippen LogP contribution in [-0.4, -0.2) is 12.6 Å². The first-order chi connectivity index (χ1) is 5.75. The molecule has 0 heterocycles.